The molecule has 1 fully saturated rings. The fourth-order valence-electron chi connectivity index (χ4n) is 2.90. The molecule has 1 aliphatic rings. The maximum Gasteiger partial charge on any atom is 0.242 e. The number of hydrogen-bond donors (Lipinski definition) is 0. The van der Waals surface area contributed by atoms with E-state index in [0.29, 0.717) is 11.6 Å². The Morgan fingerprint density at radius 3 is 2.79 bits per heavy atom. The summed E-state index contributed by atoms with van der Waals surface area (Å²) in [4.78, 5) is 4.36. The summed E-state index contributed by atoms with van der Waals surface area (Å²) < 4.78 is 28.4. The van der Waals surface area contributed by atoms with E-state index in [1.807, 2.05) is 6.07 Å². The highest BCUT2D eigenvalue weighted by Gasteiger charge is 2.28. The lowest BCUT2D eigenvalue weighted by atomic mass is 9.81. The van der Waals surface area contributed by atoms with Gasteiger partial charge in [-0.15, -0.1) is 0 Å². The summed E-state index contributed by atoms with van der Waals surface area (Å²) in [6.45, 7) is 2.21. The number of halogens is 3. The van der Waals surface area contributed by atoms with Gasteiger partial charge in [0.1, 0.15) is 0 Å². The van der Waals surface area contributed by atoms with Crippen LogP contribution in [0.15, 0.2) is 22.9 Å². The van der Waals surface area contributed by atoms with Gasteiger partial charge in [-0.05, 0) is 36.5 Å². The van der Waals surface area contributed by atoms with E-state index in [9.17, 15) is 8.78 Å². The minimum Gasteiger partial charge on any atom is -0.327 e. The molecule has 0 atom stereocenters. The van der Waals surface area contributed by atoms with Crippen molar-refractivity contribution in [3.63, 3.8) is 0 Å². The summed E-state index contributed by atoms with van der Waals surface area (Å²) in [7, 11) is 0. The lowest BCUT2D eigenvalue weighted by molar-refractivity contribution is 0.149. The molecule has 0 saturated heterocycles. The third-order valence-electron chi connectivity index (χ3n) is 3.83. The third kappa shape index (κ3) is 2.40. The van der Waals surface area contributed by atoms with Crippen molar-refractivity contribution in [2.24, 2.45) is 5.92 Å². The lowest BCUT2D eigenvalue weighted by Gasteiger charge is -2.34. The molecule has 5 heteroatoms. The molecule has 2 aromatic rings. The Balaban J connectivity index is 2.08. The van der Waals surface area contributed by atoms with Gasteiger partial charge in [-0.25, -0.2) is 13.8 Å². The molecule has 3 rings (SSSR count). The molecule has 0 spiro atoms. The number of imidazole rings is 1. The Hall–Kier alpha value is -0.970. The molecule has 0 aliphatic heterocycles. The van der Waals surface area contributed by atoms with Gasteiger partial charge in [0.05, 0.1) is 17.4 Å². The molecule has 0 amide bonds. The molecule has 1 heterocycles. The van der Waals surface area contributed by atoms with E-state index >= 15 is 0 Å². The van der Waals surface area contributed by atoms with Crippen LogP contribution in [0.2, 0.25) is 0 Å². The topological polar surface area (TPSA) is 17.8 Å². The van der Waals surface area contributed by atoms with Crippen LogP contribution in [0.4, 0.5) is 8.78 Å². The molecule has 1 aromatic heterocycles. The molecule has 0 radical (unpaired) electrons. The molecule has 1 aromatic carbocycles. The molecular weight excluding hydrogens is 314 g/mol. The average molecular weight is 329 g/mol. The monoisotopic (exact) mass is 328 g/mol. The van der Waals surface area contributed by atoms with Crippen molar-refractivity contribution in [3.8, 4) is 0 Å². The fraction of sp³-hybridized carbons (Fsp3) is 0.500. The largest absolute Gasteiger partial charge is 0.327 e. The Bertz CT molecular complexity index is 603. The molecule has 102 valence electrons. The van der Waals surface area contributed by atoms with Gasteiger partial charge < -0.3 is 4.57 Å². The first kappa shape index (κ1) is 13.0. The minimum atomic E-state index is -2.33. The molecule has 1 saturated carbocycles. The zero-order chi connectivity index (χ0) is 13.6. The van der Waals surface area contributed by atoms with Gasteiger partial charge in [0.25, 0.3) is 0 Å². The van der Waals surface area contributed by atoms with Crippen molar-refractivity contribution >= 4 is 27.0 Å². The first-order valence-electron chi connectivity index (χ1n) is 6.47. The number of hydrogen-bond acceptors (Lipinski definition) is 1. The molecule has 0 N–H and O–H groups in total. The van der Waals surface area contributed by atoms with E-state index in [2.05, 4.69) is 32.4 Å². The number of benzene rings is 1. The van der Waals surface area contributed by atoms with Crippen molar-refractivity contribution in [1.29, 1.82) is 0 Å². The van der Waals surface area contributed by atoms with Crippen molar-refractivity contribution in [1.82, 2.24) is 9.55 Å². The van der Waals surface area contributed by atoms with Gasteiger partial charge in [0.2, 0.25) is 6.43 Å². The van der Waals surface area contributed by atoms with E-state index in [4.69, 9.17) is 0 Å². The smallest absolute Gasteiger partial charge is 0.242 e. The van der Waals surface area contributed by atoms with Crippen LogP contribution < -0.4 is 0 Å². The number of aromatic nitrogens is 2. The quantitative estimate of drug-likeness (QED) is 0.806. The molecule has 0 unspecified atom stereocenters. The van der Waals surface area contributed by atoms with E-state index in [0.717, 1.165) is 34.3 Å². The number of alkyl halides is 2. The predicted molar refractivity (Wildman–Crippen MR) is 74.6 cm³/mol. The average Bonchev–Trinajstić information content (AvgIpc) is 2.67. The molecule has 1 aliphatic carbocycles. The molecule has 19 heavy (non-hydrogen) atoms. The van der Waals surface area contributed by atoms with Gasteiger partial charge in [0, 0.05) is 16.9 Å². The number of rotatable bonds is 3. The summed E-state index contributed by atoms with van der Waals surface area (Å²) in [5.41, 5.74) is 2.35. The van der Waals surface area contributed by atoms with E-state index in [1.165, 1.54) is 0 Å². The Morgan fingerprint density at radius 1 is 1.42 bits per heavy atom. The first-order chi connectivity index (χ1) is 9.04. The van der Waals surface area contributed by atoms with Crippen LogP contribution in [0.5, 0.6) is 0 Å². The van der Waals surface area contributed by atoms with Gasteiger partial charge in [-0.2, -0.15) is 0 Å². The Morgan fingerprint density at radius 2 is 2.16 bits per heavy atom. The van der Waals surface area contributed by atoms with Crippen LogP contribution in [0.1, 0.15) is 31.4 Å². The minimum absolute atomic E-state index is 0.218. The highest BCUT2D eigenvalue weighted by molar-refractivity contribution is 9.10. The number of fused-ring (bicyclic) bond motifs is 1. The van der Waals surface area contributed by atoms with Crippen molar-refractivity contribution in [3.05, 3.63) is 28.5 Å². The maximum absolute atomic E-state index is 12.7. The van der Waals surface area contributed by atoms with Gasteiger partial charge >= 0.3 is 0 Å². The SMILES string of the molecule is CC1CC(n2cnc3cc(Br)cc(CC(F)F)c32)C1. The standard InChI is InChI=1S/C14H15BrF2N2/c1-8-2-11(3-8)19-7-18-12-6-10(15)4-9(14(12)19)5-13(16)17/h4,6-8,11,13H,2-3,5H2,1H3. The molecule has 2 nitrogen and oxygen atoms in total. The second kappa shape index (κ2) is 4.85. The Kier molecular flexibility index (Phi) is 3.33. The normalized spacial score (nSPS) is 23.0. The van der Waals surface area contributed by atoms with Crippen LogP contribution in [-0.2, 0) is 6.42 Å². The molecular formula is C14H15BrF2N2. The van der Waals surface area contributed by atoms with Gasteiger partial charge in [-0.3, -0.25) is 0 Å². The van der Waals surface area contributed by atoms with Crippen LogP contribution >= 0.6 is 15.9 Å². The van der Waals surface area contributed by atoms with E-state index in [-0.39, 0.29) is 6.42 Å². The van der Waals surface area contributed by atoms with Crippen LogP contribution in [0, 0.1) is 5.92 Å². The van der Waals surface area contributed by atoms with Crippen LogP contribution in [0.25, 0.3) is 11.0 Å². The van der Waals surface area contributed by atoms with Crippen LogP contribution in [0.3, 0.4) is 0 Å². The van der Waals surface area contributed by atoms with Gasteiger partial charge in [0.15, 0.2) is 0 Å². The van der Waals surface area contributed by atoms with E-state index in [1.54, 1.807) is 12.4 Å². The zero-order valence-corrected chi connectivity index (χ0v) is 12.2. The summed E-state index contributed by atoms with van der Waals surface area (Å²) >= 11 is 3.37. The Labute approximate surface area is 118 Å². The maximum atomic E-state index is 12.7. The first-order valence-corrected chi connectivity index (χ1v) is 7.27. The van der Waals surface area contributed by atoms with Crippen molar-refractivity contribution < 1.29 is 8.78 Å². The van der Waals surface area contributed by atoms with E-state index < -0.39 is 6.43 Å². The summed E-state index contributed by atoms with van der Waals surface area (Å²) in [5.74, 6) is 0.719. The summed E-state index contributed by atoms with van der Waals surface area (Å²) in [5, 5.41) is 0. The highest BCUT2D eigenvalue weighted by atomic mass is 79.9. The molecule has 0 bridgehead atoms. The predicted octanol–water partition coefficient (Wildman–Crippen LogP) is 4.58. The fourth-order valence-corrected chi connectivity index (χ4v) is 3.40. The second-order valence-corrected chi connectivity index (χ2v) is 6.33. The highest BCUT2D eigenvalue weighted by Crippen LogP contribution is 2.40. The third-order valence-corrected chi connectivity index (χ3v) is 4.29. The second-order valence-electron chi connectivity index (χ2n) is 5.41. The summed E-state index contributed by atoms with van der Waals surface area (Å²) in [6.07, 6.45) is 1.46. The van der Waals surface area contributed by atoms with Crippen molar-refractivity contribution in [2.75, 3.05) is 0 Å². The zero-order valence-electron chi connectivity index (χ0n) is 10.6. The van der Waals surface area contributed by atoms with Crippen molar-refractivity contribution in [2.45, 2.75) is 38.7 Å². The van der Waals surface area contributed by atoms with Crippen LogP contribution in [-0.4, -0.2) is 16.0 Å². The number of nitrogens with zero attached hydrogens (tertiary/aromatic N) is 2. The van der Waals surface area contributed by atoms with Gasteiger partial charge in [-0.1, -0.05) is 22.9 Å². The summed E-state index contributed by atoms with van der Waals surface area (Å²) in [6, 6.07) is 4.09. The lowest BCUT2D eigenvalue weighted by Crippen LogP contribution is -2.24.